The smallest absolute Gasteiger partial charge is 0.184 e. The van der Waals surface area contributed by atoms with Crippen molar-refractivity contribution in [3.63, 3.8) is 0 Å². The van der Waals surface area contributed by atoms with Gasteiger partial charge in [-0.3, -0.25) is 0 Å². The molecule has 1 aromatic rings. The van der Waals surface area contributed by atoms with Gasteiger partial charge in [0.2, 0.25) is 0 Å². The molecule has 0 saturated heterocycles. The molecule has 6 heteroatoms. The fourth-order valence-electron chi connectivity index (χ4n) is 3.16. The molecule has 1 saturated carbocycles. The van der Waals surface area contributed by atoms with Crippen molar-refractivity contribution in [2.75, 3.05) is 6.54 Å². The highest BCUT2D eigenvalue weighted by Gasteiger charge is 2.48. The van der Waals surface area contributed by atoms with Gasteiger partial charge in [0.15, 0.2) is 9.84 Å². The number of sulfone groups is 1. The van der Waals surface area contributed by atoms with Crippen molar-refractivity contribution in [3.8, 4) is 0 Å². The third-order valence-corrected chi connectivity index (χ3v) is 7.24. The molecule has 0 heterocycles. The van der Waals surface area contributed by atoms with Gasteiger partial charge in [0.25, 0.3) is 0 Å². The van der Waals surface area contributed by atoms with E-state index in [-0.39, 0.29) is 21.4 Å². The summed E-state index contributed by atoms with van der Waals surface area (Å²) < 4.78 is 26.0. The van der Waals surface area contributed by atoms with Crippen molar-refractivity contribution < 1.29 is 8.42 Å². The second-order valence-electron chi connectivity index (χ2n) is 6.22. The zero-order valence-electron chi connectivity index (χ0n) is 12.5. The molecule has 1 aromatic carbocycles. The van der Waals surface area contributed by atoms with E-state index in [2.05, 4.69) is 19.2 Å². The number of hydrogen-bond acceptors (Lipinski definition) is 3. The fourth-order valence-corrected chi connectivity index (χ4v) is 6.05. The SMILES string of the molecule is CCNC1C(S(=O)(=O)c2cc(Cl)ccc2Cl)CCC1(C)C. The van der Waals surface area contributed by atoms with Gasteiger partial charge in [0.1, 0.15) is 0 Å². The number of nitrogens with one attached hydrogen (secondary N) is 1. The number of benzene rings is 1. The van der Waals surface area contributed by atoms with Crippen LogP contribution >= 0.6 is 23.2 Å². The highest BCUT2D eigenvalue weighted by Crippen LogP contribution is 2.43. The summed E-state index contributed by atoms with van der Waals surface area (Å²) in [5, 5.41) is 3.49. The van der Waals surface area contributed by atoms with E-state index in [9.17, 15) is 8.42 Å². The van der Waals surface area contributed by atoms with E-state index in [0.29, 0.717) is 11.4 Å². The van der Waals surface area contributed by atoms with Crippen LogP contribution in [0.5, 0.6) is 0 Å². The van der Waals surface area contributed by atoms with Crippen LogP contribution in [0, 0.1) is 5.41 Å². The molecule has 21 heavy (non-hydrogen) atoms. The third-order valence-electron chi connectivity index (χ3n) is 4.31. The third kappa shape index (κ3) is 3.24. The lowest BCUT2D eigenvalue weighted by Crippen LogP contribution is -2.47. The first-order valence-corrected chi connectivity index (χ1v) is 9.42. The fraction of sp³-hybridized carbons (Fsp3) is 0.600. The van der Waals surface area contributed by atoms with Crippen LogP contribution in [0.1, 0.15) is 33.6 Å². The van der Waals surface area contributed by atoms with E-state index >= 15 is 0 Å². The van der Waals surface area contributed by atoms with E-state index in [1.807, 2.05) is 6.92 Å². The van der Waals surface area contributed by atoms with E-state index in [0.717, 1.165) is 13.0 Å². The first-order valence-electron chi connectivity index (χ1n) is 7.12. The van der Waals surface area contributed by atoms with Crippen LogP contribution in [0.25, 0.3) is 0 Å². The van der Waals surface area contributed by atoms with Crippen LogP contribution in [-0.2, 0) is 9.84 Å². The van der Waals surface area contributed by atoms with Gasteiger partial charge in [-0.1, -0.05) is 44.0 Å². The lowest BCUT2D eigenvalue weighted by atomic mass is 9.87. The number of hydrogen-bond donors (Lipinski definition) is 1. The quantitative estimate of drug-likeness (QED) is 0.895. The molecule has 0 bridgehead atoms. The van der Waals surface area contributed by atoms with Crippen molar-refractivity contribution in [3.05, 3.63) is 28.2 Å². The van der Waals surface area contributed by atoms with Crippen LogP contribution in [-0.4, -0.2) is 26.3 Å². The maximum Gasteiger partial charge on any atom is 0.184 e. The maximum absolute atomic E-state index is 13.0. The summed E-state index contributed by atoms with van der Waals surface area (Å²) in [6.07, 6.45) is 1.50. The summed E-state index contributed by atoms with van der Waals surface area (Å²) in [6, 6.07) is 4.51. The van der Waals surface area contributed by atoms with E-state index in [4.69, 9.17) is 23.2 Å². The zero-order chi connectivity index (χ0) is 15.8. The van der Waals surface area contributed by atoms with Gasteiger partial charge < -0.3 is 5.32 Å². The Hall–Kier alpha value is -0.290. The Labute approximate surface area is 136 Å². The summed E-state index contributed by atoms with van der Waals surface area (Å²) in [5.41, 5.74) is -0.0567. The molecular formula is C15H21Cl2NO2S. The molecule has 1 aliphatic rings. The van der Waals surface area contributed by atoms with Gasteiger partial charge in [-0.2, -0.15) is 0 Å². The predicted molar refractivity (Wildman–Crippen MR) is 87.9 cm³/mol. The van der Waals surface area contributed by atoms with Gasteiger partial charge in [-0.25, -0.2) is 8.42 Å². The molecule has 0 radical (unpaired) electrons. The second kappa shape index (κ2) is 6.07. The maximum atomic E-state index is 13.0. The highest BCUT2D eigenvalue weighted by molar-refractivity contribution is 7.92. The molecule has 1 fully saturated rings. The van der Waals surface area contributed by atoms with E-state index in [1.165, 1.54) is 6.07 Å². The zero-order valence-corrected chi connectivity index (χ0v) is 14.8. The predicted octanol–water partition coefficient (Wildman–Crippen LogP) is 3.93. The molecule has 0 aliphatic heterocycles. The summed E-state index contributed by atoms with van der Waals surface area (Å²) in [6.45, 7) is 6.94. The lowest BCUT2D eigenvalue weighted by molar-refractivity contribution is 0.288. The molecule has 2 unspecified atom stereocenters. The Kier molecular flexibility index (Phi) is 4.94. The van der Waals surface area contributed by atoms with Gasteiger partial charge in [-0.05, 0) is 43.0 Å². The number of rotatable bonds is 4. The Morgan fingerprint density at radius 1 is 1.33 bits per heavy atom. The van der Waals surface area contributed by atoms with Crippen LogP contribution in [0.3, 0.4) is 0 Å². The Bertz CT molecular complexity index is 629. The summed E-state index contributed by atoms with van der Waals surface area (Å²) in [5.74, 6) is 0. The minimum absolute atomic E-state index is 0.0567. The first-order chi connectivity index (χ1) is 9.70. The lowest BCUT2D eigenvalue weighted by Gasteiger charge is -2.31. The van der Waals surface area contributed by atoms with Gasteiger partial charge >= 0.3 is 0 Å². The summed E-state index contributed by atoms with van der Waals surface area (Å²) >= 11 is 12.0. The van der Waals surface area contributed by atoms with Gasteiger partial charge in [0.05, 0.1) is 15.2 Å². The second-order valence-corrected chi connectivity index (χ2v) is 9.20. The normalized spacial score (nSPS) is 25.2. The van der Waals surface area contributed by atoms with E-state index < -0.39 is 15.1 Å². The van der Waals surface area contributed by atoms with Crippen LogP contribution in [0.2, 0.25) is 10.0 Å². The van der Waals surface area contributed by atoms with Crippen LogP contribution in [0.4, 0.5) is 0 Å². The van der Waals surface area contributed by atoms with Crippen molar-refractivity contribution in [2.24, 2.45) is 5.41 Å². The van der Waals surface area contributed by atoms with Crippen LogP contribution < -0.4 is 5.32 Å². The van der Waals surface area contributed by atoms with Crippen molar-refractivity contribution >= 4 is 33.0 Å². The minimum atomic E-state index is -3.51. The molecule has 0 aromatic heterocycles. The minimum Gasteiger partial charge on any atom is -0.312 e. The Balaban J connectivity index is 2.46. The molecule has 0 amide bonds. The summed E-state index contributed by atoms with van der Waals surface area (Å²) in [7, 11) is -3.51. The highest BCUT2D eigenvalue weighted by atomic mass is 35.5. The number of halogens is 2. The Morgan fingerprint density at radius 3 is 2.62 bits per heavy atom. The van der Waals surface area contributed by atoms with Crippen LogP contribution in [0.15, 0.2) is 23.1 Å². The average Bonchev–Trinajstić information content (AvgIpc) is 2.69. The van der Waals surface area contributed by atoms with Crippen molar-refractivity contribution in [1.29, 1.82) is 0 Å². The molecule has 118 valence electrons. The molecule has 0 spiro atoms. The molecule has 1 N–H and O–H groups in total. The van der Waals surface area contributed by atoms with Gasteiger partial charge in [-0.15, -0.1) is 0 Å². The molecular weight excluding hydrogens is 329 g/mol. The largest absolute Gasteiger partial charge is 0.312 e. The average molecular weight is 350 g/mol. The topological polar surface area (TPSA) is 46.2 Å². The Morgan fingerprint density at radius 2 is 2.00 bits per heavy atom. The first kappa shape index (κ1) is 17.1. The monoisotopic (exact) mass is 349 g/mol. The van der Waals surface area contributed by atoms with Gasteiger partial charge in [0, 0.05) is 11.1 Å². The van der Waals surface area contributed by atoms with E-state index in [1.54, 1.807) is 12.1 Å². The molecule has 3 nitrogen and oxygen atoms in total. The standard InChI is InChI=1S/C15H21Cl2NO2S/c1-4-18-14-12(7-8-15(14,2)3)21(19,20)13-9-10(16)5-6-11(13)17/h5-6,9,12,14,18H,4,7-8H2,1-3H3. The van der Waals surface area contributed by atoms with Crippen molar-refractivity contribution in [2.45, 2.75) is 49.8 Å². The molecule has 2 rings (SSSR count). The van der Waals surface area contributed by atoms with Crippen molar-refractivity contribution in [1.82, 2.24) is 5.32 Å². The molecule has 1 aliphatic carbocycles. The molecule has 2 atom stereocenters. The summed E-state index contributed by atoms with van der Waals surface area (Å²) in [4.78, 5) is 0.141.